The Hall–Kier alpha value is -2.89. The van der Waals surface area contributed by atoms with E-state index in [1.54, 1.807) is 41.7 Å². The highest BCUT2D eigenvalue weighted by molar-refractivity contribution is 5.94. The van der Waals surface area contributed by atoms with Gasteiger partial charge in [0.05, 0.1) is 18.1 Å². The number of likely N-dealkylation sites (tertiary alicyclic amines) is 1. The SMILES string of the molecule is O=C(/C=C/c1ccoc1)NCC1CCN(C(=O)c2ccccc2F)CC1. The molecular formula is C20H21FN2O3. The van der Waals surface area contributed by atoms with Crippen LogP contribution in [0.3, 0.4) is 0 Å². The normalized spacial score (nSPS) is 15.3. The summed E-state index contributed by atoms with van der Waals surface area (Å²) in [5.74, 6) is -0.605. The largest absolute Gasteiger partial charge is 0.472 e. The van der Waals surface area contributed by atoms with Crippen molar-refractivity contribution in [3.05, 3.63) is 65.9 Å². The van der Waals surface area contributed by atoms with Gasteiger partial charge < -0.3 is 14.6 Å². The molecule has 6 heteroatoms. The molecule has 0 atom stereocenters. The summed E-state index contributed by atoms with van der Waals surface area (Å²) in [6, 6.07) is 7.81. The van der Waals surface area contributed by atoms with Gasteiger partial charge in [0.1, 0.15) is 5.82 Å². The lowest BCUT2D eigenvalue weighted by atomic mass is 9.96. The minimum Gasteiger partial charge on any atom is -0.472 e. The van der Waals surface area contributed by atoms with Gasteiger partial charge >= 0.3 is 0 Å². The van der Waals surface area contributed by atoms with Crippen LogP contribution in [-0.4, -0.2) is 36.3 Å². The van der Waals surface area contributed by atoms with E-state index in [0.29, 0.717) is 25.6 Å². The van der Waals surface area contributed by atoms with E-state index in [0.717, 1.165) is 18.4 Å². The van der Waals surface area contributed by atoms with Crippen LogP contribution < -0.4 is 5.32 Å². The zero-order valence-corrected chi connectivity index (χ0v) is 14.4. The number of benzene rings is 1. The van der Waals surface area contributed by atoms with Gasteiger partial charge in [-0.2, -0.15) is 0 Å². The Labute approximate surface area is 151 Å². The van der Waals surface area contributed by atoms with E-state index in [4.69, 9.17) is 4.42 Å². The highest BCUT2D eigenvalue weighted by Gasteiger charge is 2.25. The number of furan rings is 1. The van der Waals surface area contributed by atoms with E-state index in [-0.39, 0.29) is 17.4 Å². The second kappa shape index (κ2) is 8.47. The van der Waals surface area contributed by atoms with Crippen LogP contribution in [0.1, 0.15) is 28.8 Å². The first-order chi connectivity index (χ1) is 12.6. The first-order valence-electron chi connectivity index (χ1n) is 8.65. The van der Waals surface area contributed by atoms with Crippen LogP contribution in [0.2, 0.25) is 0 Å². The number of piperidine rings is 1. The number of hydrogen-bond acceptors (Lipinski definition) is 3. The van der Waals surface area contributed by atoms with Gasteiger partial charge in [-0.15, -0.1) is 0 Å². The zero-order chi connectivity index (χ0) is 18.4. The maximum absolute atomic E-state index is 13.7. The smallest absolute Gasteiger partial charge is 0.256 e. The number of rotatable bonds is 5. The Morgan fingerprint density at radius 1 is 1.23 bits per heavy atom. The molecule has 2 heterocycles. The van der Waals surface area contributed by atoms with Crippen molar-refractivity contribution in [3.63, 3.8) is 0 Å². The van der Waals surface area contributed by atoms with Crippen molar-refractivity contribution < 1.29 is 18.4 Å². The molecule has 1 aliphatic rings. The first kappa shape index (κ1) is 17.9. The molecule has 3 rings (SSSR count). The van der Waals surface area contributed by atoms with Crippen molar-refractivity contribution >= 4 is 17.9 Å². The van der Waals surface area contributed by atoms with Gasteiger partial charge in [-0.1, -0.05) is 12.1 Å². The Balaban J connectivity index is 1.43. The molecule has 1 N–H and O–H groups in total. The van der Waals surface area contributed by atoms with Gasteiger partial charge in [0.15, 0.2) is 0 Å². The number of nitrogens with one attached hydrogen (secondary N) is 1. The van der Waals surface area contributed by atoms with Gasteiger partial charge in [-0.25, -0.2) is 4.39 Å². The molecule has 1 aromatic heterocycles. The Bertz CT molecular complexity index is 778. The molecule has 0 radical (unpaired) electrons. The second-order valence-electron chi connectivity index (χ2n) is 6.35. The average molecular weight is 356 g/mol. The minimum atomic E-state index is -0.490. The molecule has 136 valence electrons. The Morgan fingerprint density at radius 2 is 2.00 bits per heavy atom. The van der Waals surface area contributed by atoms with Gasteiger partial charge in [-0.05, 0) is 43.0 Å². The predicted molar refractivity (Wildman–Crippen MR) is 95.8 cm³/mol. The van der Waals surface area contributed by atoms with Crippen LogP contribution in [0.4, 0.5) is 4.39 Å². The second-order valence-corrected chi connectivity index (χ2v) is 6.35. The molecule has 1 fully saturated rings. The van der Waals surface area contributed by atoms with E-state index in [1.807, 2.05) is 0 Å². The standard InChI is InChI=1S/C20H21FN2O3/c21-18-4-2-1-3-17(18)20(25)23-10-7-15(8-11-23)13-22-19(24)6-5-16-9-12-26-14-16/h1-6,9,12,14-15H,7-8,10-11,13H2,(H,22,24)/b6-5+. The first-order valence-corrected chi connectivity index (χ1v) is 8.65. The van der Waals surface area contributed by atoms with E-state index in [9.17, 15) is 14.0 Å². The fraction of sp³-hybridized carbons (Fsp3) is 0.300. The number of nitrogens with zero attached hydrogens (tertiary/aromatic N) is 1. The summed E-state index contributed by atoms with van der Waals surface area (Å²) in [4.78, 5) is 25.9. The predicted octanol–water partition coefficient (Wildman–Crippen LogP) is 3.10. The molecule has 0 aliphatic carbocycles. The summed E-state index contributed by atoms with van der Waals surface area (Å²) in [6.45, 7) is 1.70. The van der Waals surface area contributed by atoms with Crippen LogP contribution in [0, 0.1) is 11.7 Å². The molecule has 1 saturated heterocycles. The molecule has 2 aromatic rings. The summed E-state index contributed by atoms with van der Waals surface area (Å²) >= 11 is 0. The van der Waals surface area contributed by atoms with Gasteiger partial charge in [-0.3, -0.25) is 9.59 Å². The number of halogens is 1. The molecule has 0 spiro atoms. The van der Waals surface area contributed by atoms with E-state index in [1.165, 1.54) is 18.2 Å². The summed E-state index contributed by atoms with van der Waals surface area (Å²) in [6.07, 6.45) is 7.84. The molecular weight excluding hydrogens is 335 g/mol. The minimum absolute atomic E-state index is 0.114. The van der Waals surface area contributed by atoms with Crippen molar-refractivity contribution in [2.24, 2.45) is 5.92 Å². The zero-order valence-electron chi connectivity index (χ0n) is 14.4. The van der Waals surface area contributed by atoms with E-state index in [2.05, 4.69) is 5.32 Å². The average Bonchev–Trinajstić information content (AvgIpc) is 3.18. The van der Waals surface area contributed by atoms with Crippen molar-refractivity contribution in [2.45, 2.75) is 12.8 Å². The van der Waals surface area contributed by atoms with Crippen molar-refractivity contribution in [1.29, 1.82) is 0 Å². The van der Waals surface area contributed by atoms with Crippen LogP contribution in [0.25, 0.3) is 6.08 Å². The number of hydrogen-bond donors (Lipinski definition) is 1. The number of amides is 2. The molecule has 5 nitrogen and oxygen atoms in total. The molecule has 0 bridgehead atoms. The van der Waals surface area contributed by atoms with Crippen molar-refractivity contribution in [2.75, 3.05) is 19.6 Å². The van der Waals surface area contributed by atoms with Crippen LogP contribution in [0.5, 0.6) is 0 Å². The third-order valence-corrected chi connectivity index (χ3v) is 4.54. The summed E-state index contributed by atoms with van der Waals surface area (Å²) in [5, 5.41) is 2.88. The number of carbonyl (C=O) groups excluding carboxylic acids is 2. The Morgan fingerprint density at radius 3 is 2.69 bits per heavy atom. The molecule has 0 saturated carbocycles. The maximum atomic E-state index is 13.7. The van der Waals surface area contributed by atoms with Crippen molar-refractivity contribution in [1.82, 2.24) is 10.2 Å². The van der Waals surface area contributed by atoms with Gasteiger partial charge in [0.25, 0.3) is 5.91 Å². The third kappa shape index (κ3) is 4.59. The highest BCUT2D eigenvalue weighted by atomic mass is 19.1. The Kier molecular flexibility index (Phi) is 5.84. The topological polar surface area (TPSA) is 62.6 Å². The van der Waals surface area contributed by atoms with Gasteiger partial charge in [0, 0.05) is 31.3 Å². The quantitative estimate of drug-likeness (QED) is 0.838. The summed E-state index contributed by atoms with van der Waals surface area (Å²) < 4.78 is 18.7. The monoisotopic (exact) mass is 356 g/mol. The molecule has 26 heavy (non-hydrogen) atoms. The van der Waals surface area contributed by atoms with Crippen LogP contribution >= 0.6 is 0 Å². The van der Waals surface area contributed by atoms with Crippen molar-refractivity contribution in [3.8, 4) is 0 Å². The molecule has 2 amide bonds. The van der Waals surface area contributed by atoms with Crippen LogP contribution in [0.15, 0.2) is 53.4 Å². The highest BCUT2D eigenvalue weighted by Crippen LogP contribution is 2.19. The lowest BCUT2D eigenvalue weighted by molar-refractivity contribution is -0.116. The lowest BCUT2D eigenvalue weighted by Gasteiger charge is -2.32. The molecule has 0 unspecified atom stereocenters. The van der Waals surface area contributed by atoms with E-state index >= 15 is 0 Å². The lowest BCUT2D eigenvalue weighted by Crippen LogP contribution is -2.41. The summed E-state index contributed by atoms with van der Waals surface area (Å²) in [5.41, 5.74) is 0.948. The fourth-order valence-electron chi connectivity index (χ4n) is 2.99. The van der Waals surface area contributed by atoms with Crippen LogP contribution in [-0.2, 0) is 4.79 Å². The number of carbonyl (C=O) groups is 2. The fourth-order valence-corrected chi connectivity index (χ4v) is 2.99. The molecule has 1 aromatic carbocycles. The molecule has 1 aliphatic heterocycles. The van der Waals surface area contributed by atoms with E-state index < -0.39 is 5.82 Å². The maximum Gasteiger partial charge on any atom is 0.256 e. The van der Waals surface area contributed by atoms with Gasteiger partial charge in [0.2, 0.25) is 5.91 Å². The summed E-state index contributed by atoms with van der Waals surface area (Å²) in [7, 11) is 0. The third-order valence-electron chi connectivity index (χ3n) is 4.54.